The molecule has 0 radical (unpaired) electrons. The van der Waals surface area contributed by atoms with Crippen molar-refractivity contribution in [1.29, 1.82) is 0 Å². The smallest absolute Gasteiger partial charge is 0.323 e. The lowest BCUT2D eigenvalue weighted by Crippen LogP contribution is -2.45. The number of thiazole rings is 1. The SMILES string of the molecule is CCC(CC)(NC(=O)Cc1csc(N2CCNC2=O)n1)c1ccc(Cl)cc1. The first-order chi connectivity index (χ1) is 13.0. The number of aromatic nitrogens is 1. The zero-order valence-electron chi connectivity index (χ0n) is 15.4. The van der Waals surface area contributed by atoms with Gasteiger partial charge in [0.05, 0.1) is 17.7 Å². The summed E-state index contributed by atoms with van der Waals surface area (Å²) in [7, 11) is 0. The van der Waals surface area contributed by atoms with Gasteiger partial charge in [-0.05, 0) is 30.5 Å². The number of urea groups is 1. The van der Waals surface area contributed by atoms with E-state index in [9.17, 15) is 9.59 Å². The number of anilines is 1. The summed E-state index contributed by atoms with van der Waals surface area (Å²) in [5, 5.41) is 9.08. The molecule has 0 bridgehead atoms. The Kier molecular flexibility index (Phi) is 6.01. The fraction of sp³-hybridized carbons (Fsp3) is 0.421. The number of amides is 3. The third-order valence-corrected chi connectivity index (χ3v) is 6.12. The number of benzene rings is 1. The molecule has 0 spiro atoms. The number of carbonyl (C=O) groups excluding carboxylic acids is 2. The van der Waals surface area contributed by atoms with E-state index in [2.05, 4.69) is 29.5 Å². The van der Waals surface area contributed by atoms with Gasteiger partial charge in [-0.2, -0.15) is 0 Å². The summed E-state index contributed by atoms with van der Waals surface area (Å²) in [6, 6.07) is 7.47. The Morgan fingerprint density at radius 2 is 2.04 bits per heavy atom. The predicted molar refractivity (Wildman–Crippen MR) is 108 cm³/mol. The van der Waals surface area contributed by atoms with E-state index < -0.39 is 5.54 Å². The number of nitrogens with one attached hydrogen (secondary N) is 2. The highest BCUT2D eigenvalue weighted by Crippen LogP contribution is 2.30. The van der Waals surface area contributed by atoms with E-state index in [0.29, 0.717) is 28.9 Å². The van der Waals surface area contributed by atoms with Crippen molar-refractivity contribution in [2.75, 3.05) is 18.0 Å². The van der Waals surface area contributed by atoms with Gasteiger partial charge < -0.3 is 10.6 Å². The van der Waals surface area contributed by atoms with Gasteiger partial charge in [-0.1, -0.05) is 37.6 Å². The van der Waals surface area contributed by atoms with E-state index in [1.54, 1.807) is 4.90 Å². The van der Waals surface area contributed by atoms with E-state index in [-0.39, 0.29) is 18.4 Å². The Hall–Kier alpha value is -2.12. The van der Waals surface area contributed by atoms with Crippen molar-refractivity contribution in [1.82, 2.24) is 15.6 Å². The van der Waals surface area contributed by atoms with Gasteiger partial charge in [0.25, 0.3) is 0 Å². The van der Waals surface area contributed by atoms with Crippen molar-refractivity contribution in [3.05, 3.63) is 45.9 Å². The third-order valence-electron chi connectivity index (χ3n) is 4.95. The Morgan fingerprint density at radius 3 is 2.63 bits per heavy atom. The molecule has 0 aliphatic carbocycles. The normalized spacial score (nSPS) is 14.3. The summed E-state index contributed by atoms with van der Waals surface area (Å²) < 4.78 is 0. The molecule has 1 aromatic heterocycles. The lowest BCUT2D eigenvalue weighted by atomic mass is 9.84. The molecule has 2 aromatic rings. The van der Waals surface area contributed by atoms with Gasteiger partial charge in [0.15, 0.2) is 5.13 Å². The molecule has 1 aromatic carbocycles. The fourth-order valence-corrected chi connectivity index (χ4v) is 4.28. The average Bonchev–Trinajstić information content (AvgIpc) is 3.29. The van der Waals surface area contributed by atoms with Crippen LogP contribution in [0.15, 0.2) is 29.6 Å². The minimum atomic E-state index is -0.435. The van der Waals surface area contributed by atoms with Crippen LogP contribution in [0.4, 0.5) is 9.93 Å². The first-order valence-corrected chi connectivity index (χ1v) is 10.3. The first kappa shape index (κ1) is 19.6. The summed E-state index contributed by atoms with van der Waals surface area (Å²) in [5.74, 6) is -0.0867. The van der Waals surface area contributed by atoms with Gasteiger partial charge in [-0.15, -0.1) is 11.3 Å². The van der Waals surface area contributed by atoms with Gasteiger partial charge in [0, 0.05) is 23.5 Å². The van der Waals surface area contributed by atoms with Crippen molar-refractivity contribution in [2.24, 2.45) is 0 Å². The van der Waals surface area contributed by atoms with Gasteiger partial charge in [-0.3, -0.25) is 9.69 Å². The summed E-state index contributed by atoms with van der Waals surface area (Å²) >= 11 is 7.38. The van der Waals surface area contributed by atoms with Crippen LogP contribution >= 0.6 is 22.9 Å². The van der Waals surface area contributed by atoms with E-state index >= 15 is 0 Å². The monoisotopic (exact) mass is 406 g/mol. The van der Waals surface area contributed by atoms with E-state index in [0.717, 1.165) is 18.4 Å². The van der Waals surface area contributed by atoms with Crippen LogP contribution in [0.5, 0.6) is 0 Å². The Morgan fingerprint density at radius 1 is 1.33 bits per heavy atom. The van der Waals surface area contributed by atoms with E-state index in [1.807, 2.05) is 29.6 Å². The van der Waals surface area contributed by atoms with Crippen LogP contribution in [0.1, 0.15) is 37.9 Å². The van der Waals surface area contributed by atoms with Crippen LogP contribution in [0.3, 0.4) is 0 Å². The highest BCUT2D eigenvalue weighted by Gasteiger charge is 2.30. The largest absolute Gasteiger partial charge is 0.346 e. The fourth-order valence-electron chi connectivity index (χ4n) is 3.31. The van der Waals surface area contributed by atoms with Crippen molar-refractivity contribution in [2.45, 2.75) is 38.6 Å². The van der Waals surface area contributed by atoms with Gasteiger partial charge in [0.1, 0.15) is 0 Å². The molecular weight excluding hydrogens is 384 g/mol. The number of hydrogen-bond donors (Lipinski definition) is 2. The van der Waals surface area contributed by atoms with Crippen molar-refractivity contribution < 1.29 is 9.59 Å². The number of halogens is 1. The number of carbonyl (C=O) groups is 2. The third kappa shape index (κ3) is 4.25. The van der Waals surface area contributed by atoms with Gasteiger partial charge in [-0.25, -0.2) is 9.78 Å². The minimum absolute atomic E-state index is 0.0867. The molecule has 6 nitrogen and oxygen atoms in total. The lowest BCUT2D eigenvalue weighted by Gasteiger charge is -2.33. The molecule has 0 unspecified atom stereocenters. The maximum absolute atomic E-state index is 12.7. The molecule has 1 aliphatic heterocycles. The highest BCUT2D eigenvalue weighted by atomic mass is 35.5. The van der Waals surface area contributed by atoms with Crippen LogP contribution < -0.4 is 15.5 Å². The molecule has 1 saturated heterocycles. The Bertz CT molecular complexity index is 817. The molecule has 2 N–H and O–H groups in total. The van der Waals surface area contributed by atoms with Gasteiger partial charge >= 0.3 is 6.03 Å². The summed E-state index contributed by atoms with van der Waals surface area (Å²) in [4.78, 5) is 30.5. The number of rotatable bonds is 7. The molecular formula is C19H23ClN4O2S. The zero-order valence-corrected chi connectivity index (χ0v) is 17.0. The number of hydrogen-bond acceptors (Lipinski definition) is 4. The second-order valence-corrected chi connectivity index (χ2v) is 7.80. The van der Waals surface area contributed by atoms with Crippen LogP contribution in [0.2, 0.25) is 5.02 Å². The molecule has 1 aliphatic rings. The first-order valence-electron chi connectivity index (χ1n) is 9.04. The molecule has 3 rings (SSSR count). The maximum atomic E-state index is 12.7. The van der Waals surface area contributed by atoms with Crippen LogP contribution in [-0.2, 0) is 16.8 Å². The van der Waals surface area contributed by atoms with Crippen molar-refractivity contribution >= 4 is 40.0 Å². The molecule has 1 fully saturated rings. The highest BCUT2D eigenvalue weighted by molar-refractivity contribution is 7.14. The summed E-state index contributed by atoms with van der Waals surface area (Å²) in [5.41, 5.74) is 1.28. The molecule has 144 valence electrons. The van der Waals surface area contributed by atoms with Gasteiger partial charge in [0.2, 0.25) is 5.91 Å². The molecule has 2 heterocycles. The van der Waals surface area contributed by atoms with E-state index in [4.69, 9.17) is 11.6 Å². The number of nitrogens with zero attached hydrogens (tertiary/aromatic N) is 2. The standard InChI is InChI=1S/C19H23ClN4O2S/c1-3-19(4-2,13-5-7-14(20)8-6-13)23-16(25)11-15-12-27-18(22-15)24-10-9-21-17(24)26/h5-8,12H,3-4,9-11H2,1-2H3,(H,21,26)(H,23,25). The summed E-state index contributed by atoms with van der Waals surface area (Å²) in [6.07, 6.45) is 1.72. The second kappa shape index (κ2) is 8.27. The van der Waals surface area contributed by atoms with Crippen molar-refractivity contribution in [3.8, 4) is 0 Å². The van der Waals surface area contributed by atoms with E-state index in [1.165, 1.54) is 11.3 Å². The lowest BCUT2D eigenvalue weighted by molar-refractivity contribution is -0.122. The predicted octanol–water partition coefficient (Wildman–Crippen LogP) is 3.70. The molecule has 27 heavy (non-hydrogen) atoms. The quantitative estimate of drug-likeness (QED) is 0.736. The van der Waals surface area contributed by atoms with Crippen molar-refractivity contribution in [3.63, 3.8) is 0 Å². The second-order valence-electron chi connectivity index (χ2n) is 6.53. The molecule has 0 saturated carbocycles. The maximum Gasteiger partial charge on any atom is 0.323 e. The Labute approximate surface area is 167 Å². The molecule has 3 amide bonds. The van der Waals surface area contributed by atoms with Crippen LogP contribution in [0, 0.1) is 0 Å². The molecule has 8 heteroatoms. The minimum Gasteiger partial charge on any atom is -0.346 e. The van der Waals surface area contributed by atoms with Crippen LogP contribution in [0.25, 0.3) is 0 Å². The zero-order chi connectivity index (χ0) is 19.4. The summed E-state index contributed by atoms with van der Waals surface area (Å²) in [6.45, 7) is 5.34. The van der Waals surface area contributed by atoms with Crippen LogP contribution in [-0.4, -0.2) is 30.0 Å². The average molecular weight is 407 g/mol. The topological polar surface area (TPSA) is 74.3 Å². The Balaban J connectivity index is 1.70. The molecule has 0 atom stereocenters.